The van der Waals surface area contributed by atoms with Gasteiger partial charge in [-0.2, -0.15) is 0 Å². The molecule has 1 heterocycles. The van der Waals surface area contributed by atoms with Crippen LogP contribution < -0.4 is 0 Å². The van der Waals surface area contributed by atoms with Gasteiger partial charge in [0.05, 0.1) is 10.6 Å². The second-order valence-electron chi connectivity index (χ2n) is 3.08. The van der Waals surface area contributed by atoms with Gasteiger partial charge in [0.1, 0.15) is 0 Å². The normalized spacial score (nSPS) is 28.1. The molecule has 0 N–H and O–H groups in total. The highest BCUT2D eigenvalue weighted by atomic mass is 79.9. The summed E-state index contributed by atoms with van der Waals surface area (Å²) >= 11 is 3.50. The molecular weight excluding hydrogens is 202 g/mol. The minimum Gasteiger partial charge on any atom is -0.358 e. The monoisotopic (exact) mass is 211 g/mol. The summed E-state index contributed by atoms with van der Waals surface area (Å²) in [5.41, 5.74) is 2.77. The number of fused-ring (bicyclic) bond motifs is 1. The van der Waals surface area contributed by atoms with Crippen LogP contribution in [-0.4, -0.2) is 18.0 Å². The molecule has 0 aromatic rings. The lowest BCUT2D eigenvalue weighted by molar-refractivity contribution is 0.445. The second-order valence-corrected chi connectivity index (χ2v) is 3.89. The molecule has 11 heavy (non-hydrogen) atoms. The van der Waals surface area contributed by atoms with Crippen molar-refractivity contribution in [3.05, 3.63) is 34.0 Å². The van der Waals surface area contributed by atoms with Gasteiger partial charge < -0.3 is 4.90 Å². The minimum absolute atomic E-state index is 0.490. The third-order valence-electron chi connectivity index (χ3n) is 2.20. The number of nitrogens with zero attached hydrogens (tertiary/aromatic N) is 1. The van der Waals surface area contributed by atoms with Gasteiger partial charge in [-0.15, -0.1) is 0 Å². The molecule has 2 rings (SSSR count). The van der Waals surface area contributed by atoms with E-state index in [1.165, 1.54) is 15.8 Å². The van der Waals surface area contributed by atoms with Crippen LogP contribution in [0.5, 0.6) is 0 Å². The van der Waals surface area contributed by atoms with E-state index in [0.717, 1.165) is 0 Å². The highest BCUT2D eigenvalue weighted by Crippen LogP contribution is 2.34. The van der Waals surface area contributed by atoms with Crippen molar-refractivity contribution in [3.8, 4) is 0 Å². The number of allylic oxidation sites excluding steroid dienone is 2. The van der Waals surface area contributed by atoms with Gasteiger partial charge in [-0.3, -0.25) is 0 Å². The van der Waals surface area contributed by atoms with E-state index >= 15 is 0 Å². The third kappa shape index (κ3) is 0.968. The number of rotatable bonds is 0. The maximum absolute atomic E-state index is 3.50. The van der Waals surface area contributed by atoms with Crippen LogP contribution in [0.4, 0.5) is 0 Å². The molecule has 0 fully saturated rings. The molecule has 1 atom stereocenters. The molecular formula is C9H10BrN. The maximum Gasteiger partial charge on any atom is 0.0814 e. The van der Waals surface area contributed by atoms with E-state index in [9.17, 15) is 0 Å². The molecule has 0 aromatic carbocycles. The first kappa shape index (κ1) is 7.17. The van der Waals surface area contributed by atoms with Crippen LogP contribution in [0.1, 0.15) is 6.92 Å². The van der Waals surface area contributed by atoms with Crippen molar-refractivity contribution in [2.75, 3.05) is 7.05 Å². The van der Waals surface area contributed by atoms with Crippen LogP contribution in [0.2, 0.25) is 0 Å². The van der Waals surface area contributed by atoms with Crippen LogP contribution >= 0.6 is 15.9 Å². The van der Waals surface area contributed by atoms with Crippen molar-refractivity contribution < 1.29 is 0 Å². The molecule has 0 amide bonds. The molecule has 1 unspecified atom stereocenters. The van der Waals surface area contributed by atoms with Gasteiger partial charge in [-0.25, -0.2) is 0 Å². The summed E-state index contributed by atoms with van der Waals surface area (Å²) in [6, 6.07) is 0.490. The quantitative estimate of drug-likeness (QED) is 0.557. The van der Waals surface area contributed by atoms with E-state index in [2.05, 4.69) is 53.0 Å². The fraction of sp³-hybridized carbons (Fsp3) is 0.333. The summed E-state index contributed by atoms with van der Waals surface area (Å²) in [6.07, 6.45) is 6.69. The largest absolute Gasteiger partial charge is 0.358 e. The maximum atomic E-state index is 3.50. The van der Waals surface area contributed by atoms with Crippen molar-refractivity contribution in [1.29, 1.82) is 0 Å². The number of hydrogen-bond acceptors (Lipinski definition) is 1. The van der Waals surface area contributed by atoms with Crippen molar-refractivity contribution in [3.63, 3.8) is 0 Å². The van der Waals surface area contributed by atoms with Crippen LogP contribution in [0, 0.1) is 0 Å². The zero-order valence-corrected chi connectivity index (χ0v) is 8.22. The van der Waals surface area contributed by atoms with Gasteiger partial charge in [0, 0.05) is 7.05 Å². The standard InChI is InChI=1S/C9H10BrN/c1-6-3-7-5-9(10)11(2)8(7)4-6/h3-5,8H,1-2H3. The molecule has 0 radical (unpaired) electrons. The lowest BCUT2D eigenvalue weighted by Crippen LogP contribution is -2.21. The number of likely N-dealkylation sites (N-methyl/N-ethyl adjacent to an activating group) is 1. The summed E-state index contributed by atoms with van der Waals surface area (Å²) in [5, 5.41) is 0. The third-order valence-corrected chi connectivity index (χ3v) is 2.98. The molecule has 1 aliphatic heterocycles. The molecule has 0 saturated carbocycles. The van der Waals surface area contributed by atoms with Gasteiger partial charge in [0.15, 0.2) is 0 Å². The Balaban J connectivity index is 2.39. The zero-order chi connectivity index (χ0) is 8.01. The number of hydrogen-bond donors (Lipinski definition) is 0. The van der Waals surface area contributed by atoms with Crippen molar-refractivity contribution in [2.24, 2.45) is 0 Å². The van der Waals surface area contributed by atoms with Gasteiger partial charge in [0.2, 0.25) is 0 Å². The van der Waals surface area contributed by atoms with Crippen molar-refractivity contribution in [2.45, 2.75) is 13.0 Å². The van der Waals surface area contributed by atoms with Crippen LogP contribution in [0.25, 0.3) is 0 Å². The first-order valence-corrected chi connectivity index (χ1v) is 4.48. The molecule has 0 saturated heterocycles. The zero-order valence-electron chi connectivity index (χ0n) is 6.63. The topological polar surface area (TPSA) is 3.24 Å². The smallest absolute Gasteiger partial charge is 0.0814 e. The first-order valence-electron chi connectivity index (χ1n) is 3.68. The Morgan fingerprint density at radius 3 is 2.82 bits per heavy atom. The molecule has 0 aromatic heterocycles. The van der Waals surface area contributed by atoms with E-state index in [0.29, 0.717) is 6.04 Å². The highest BCUT2D eigenvalue weighted by molar-refractivity contribution is 9.11. The van der Waals surface area contributed by atoms with Crippen LogP contribution in [0.3, 0.4) is 0 Å². The molecule has 0 bridgehead atoms. The Bertz CT molecular complexity index is 286. The highest BCUT2D eigenvalue weighted by Gasteiger charge is 2.26. The molecule has 2 aliphatic rings. The molecule has 2 heteroatoms. The minimum atomic E-state index is 0.490. The van der Waals surface area contributed by atoms with E-state index < -0.39 is 0 Å². The van der Waals surface area contributed by atoms with Crippen LogP contribution in [-0.2, 0) is 0 Å². The lowest BCUT2D eigenvalue weighted by atomic mass is 10.2. The summed E-state index contributed by atoms with van der Waals surface area (Å²) in [7, 11) is 2.10. The molecule has 1 nitrogen and oxygen atoms in total. The molecule has 1 aliphatic carbocycles. The fourth-order valence-electron chi connectivity index (χ4n) is 1.58. The van der Waals surface area contributed by atoms with Crippen molar-refractivity contribution in [1.82, 2.24) is 4.90 Å². The molecule has 58 valence electrons. The summed E-state index contributed by atoms with van der Waals surface area (Å²) in [5.74, 6) is 0. The molecule has 0 spiro atoms. The summed E-state index contributed by atoms with van der Waals surface area (Å²) in [4.78, 5) is 2.22. The van der Waals surface area contributed by atoms with Gasteiger partial charge in [-0.1, -0.05) is 17.7 Å². The van der Waals surface area contributed by atoms with E-state index in [4.69, 9.17) is 0 Å². The summed E-state index contributed by atoms with van der Waals surface area (Å²) in [6.45, 7) is 2.14. The predicted octanol–water partition coefficient (Wildman–Crippen LogP) is 2.42. The Hall–Kier alpha value is -0.500. The van der Waals surface area contributed by atoms with Gasteiger partial charge in [-0.05, 0) is 34.5 Å². The van der Waals surface area contributed by atoms with Crippen LogP contribution in [0.15, 0.2) is 34.0 Å². The SMILES string of the molecule is CC1=CC2C(=C1)C=C(Br)N2C. The number of halogens is 1. The Morgan fingerprint density at radius 1 is 1.45 bits per heavy atom. The first-order chi connectivity index (χ1) is 5.18. The Morgan fingerprint density at radius 2 is 2.18 bits per heavy atom. The van der Waals surface area contributed by atoms with Gasteiger partial charge >= 0.3 is 0 Å². The lowest BCUT2D eigenvalue weighted by Gasteiger charge is -2.18. The van der Waals surface area contributed by atoms with Crippen molar-refractivity contribution >= 4 is 15.9 Å². The van der Waals surface area contributed by atoms with Gasteiger partial charge in [0.25, 0.3) is 0 Å². The fourth-order valence-corrected chi connectivity index (χ4v) is 2.06. The predicted molar refractivity (Wildman–Crippen MR) is 50.4 cm³/mol. The van der Waals surface area contributed by atoms with E-state index in [1.54, 1.807) is 0 Å². The van der Waals surface area contributed by atoms with E-state index in [-0.39, 0.29) is 0 Å². The second kappa shape index (κ2) is 2.24. The average molecular weight is 212 g/mol. The average Bonchev–Trinajstić information content (AvgIpc) is 2.37. The Kier molecular flexibility index (Phi) is 1.46. The summed E-state index contributed by atoms with van der Waals surface area (Å²) < 4.78 is 1.18. The Labute approximate surface area is 75.2 Å². The van der Waals surface area contributed by atoms with E-state index in [1.807, 2.05) is 0 Å².